The quantitative estimate of drug-likeness (QED) is 0.901. The number of halogens is 2. The van der Waals surface area contributed by atoms with Crippen LogP contribution < -0.4 is 10.6 Å². The van der Waals surface area contributed by atoms with Crippen molar-refractivity contribution in [1.82, 2.24) is 10.6 Å². The van der Waals surface area contributed by atoms with Crippen LogP contribution in [0.3, 0.4) is 0 Å². The molecule has 2 fully saturated rings. The zero-order chi connectivity index (χ0) is 13.9. The number of hydrogen-bond acceptors (Lipinski definition) is 2. The number of rotatable bonds is 3. The Morgan fingerprint density at radius 3 is 2.67 bits per heavy atom. The number of benzene rings is 1. The van der Waals surface area contributed by atoms with Crippen LogP contribution in [0.4, 0.5) is 4.39 Å². The van der Waals surface area contributed by atoms with Crippen LogP contribution in [0, 0.1) is 11.7 Å². The van der Waals surface area contributed by atoms with Crippen LogP contribution in [-0.4, -0.2) is 18.0 Å². The molecular formula is C16H22ClFN2O. The minimum atomic E-state index is -0.249. The van der Waals surface area contributed by atoms with E-state index < -0.39 is 0 Å². The van der Waals surface area contributed by atoms with E-state index in [0.29, 0.717) is 18.5 Å². The van der Waals surface area contributed by atoms with E-state index in [9.17, 15) is 9.18 Å². The molecule has 1 heterocycles. The molecule has 3 atom stereocenters. The zero-order valence-corrected chi connectivity index (χ0v) is 12.8. The van der Waals surface area contributed by atoms with E-state index >= 15 is 0 Å². The number of carbonyl (C=O) groups is 1. The second-order valence-corrected chi connectivity index (χ2v) is 5.95. The SMILES string of the molecule is Cl.O=C(NCc1ccc(F)cc1)C1CC2CCCCC2N1. The first-order valence-corrected chi connectivity index (χ1v) is 7.50. The molecule has 116 valence electrons. The van der Waals surface area contributed by atoms with Gasteiger partial charge in [0.2, 0.25) is 5.91 Å². The number of fused-ring (bicyclic) bond motifs is 1. The maximum atomic E-state index is 12.8. The Morgan fingerprint density at radius 1 is 1.24 bits per heavy atom. The van der Waals surface area contributed by atoms with Crippen molar-refractivity contribution in [2.75, 3.05) is 0 Å². The minimum Gasteiger partial charge on any atom is -0.351 e. The predicted molar refractivity (Wildman–Crippen MR) is 82.8 cm³/mol. The van der Waals surface area contributed by atoms with Crippen LogP contribution >= 0.6 is 12.4 Å². The minimum absolute atomic E-state index is 0. The van der Waals surface area contributed by atoms with Crippen LogP contribution in [0.1, 0.15) is 37.7 Å². The van der Waals surface area contributed by atoms with Crippen molar-refractivity contribution in [1.29, 1.82) is 0 Å². The van der Waals surface area contributed by atoms with Gasteiger partial charge in [-0.25, -0.2) is 4.39 Å². The highest BCUT2D eigenvalue weighted by Crippen LogP contribution is 2.33. The number of carbonyl (C=O) groups excluding carboxylic acids is 1. The van der Waals surface area contributed by atoms with Crippen molar-refractivity contribution in [3.8, 4) is 0 Å². The Kier molecular flexibility index (Phi) is 5.59. The van der Waals surface area contributed by atoms with Crippen molar-refractivity contribution in [2.45, 2.75) is 50.7 Å². The van der Waals surface area contributed by atoms with Crippen molar-refractivity contribution < 1.29 is 9.18 Å². The zero-order valence-electron chi connectivity index (χ0n) is 12.0. The molecule has 3 nitrogen and oxygen atoms in total. The molecule has 1 saturated heterocycles. The lowest BCUT2D eigenvalue weighted by Gasteiger charge is -2.24. The first kappa shape index (κ1) is 16.2. The van der Waals surface area contributed by atoms with Crippen molar-refractivity contribution >= 4 is 18.3 Å². The highest BCUT2D eigenvalue weighted by Gasteiger charge is 2.37. The van der Waals surface area contributed by atoms with E-state index in [1.807, 2.05) is 0 Å². The Labute approximate surface area is 131 Å². The molecule has 1 aliphatic heterocycles. The number of amides is 1. The summed E-state index contributed by atoms with van der Waals surface area (Å²) in [5.41, 5.74) is 0.926. The normalized spacial score (nSPS) is 27.6. The van der Waals surface area contributed by atoms with E-state index in [1.54, 1.807) is 12.1 Å². The van der Waals surface area contributed by atoms with Crippen LogP contribution in [0.15, 0.2) is 24.3 Å². The molecule has 0 aromatic heterocycles. The average molecular weight is 313 g/mol. The molecule has 1 saturated carbocycles. The molecule has 1 aromatic carbocycles. The molecule has 0 radical (unpaired) electrons. The topological polar surface area (TPSA) is 41.1 Å². The Balaban J connectivity index is 0.00000161. The van der Waals surface area contributed by atoms with Gasteiger partial charge < -0.3 is 10.6 Å². The van der Waals surface area contributed by atoms with Crippen molar-refractivity contribution in [3.63, 3.8) is 0 Å². The molecule has 1 aliphatic carbocycles. The second-order valence-electron chi connectivity index (χ2n) is 5.95. The van der Waals surface area contributed by atoms with E-state index in [-0.39, 0.29) is 30.2 Å². The lowest BCUT2D eigenvalue weighted by atomic mass is 9.85. The molecule has 21 heavy (non-hydrogen) atoms. The lowest BCUT2D eigenvalue weighted by Crippen LogP contribution is -2.42. The molecule has 5 heteroatoms. The third-order valence-electron chi connectivity index (χ3n) is 4.56. The monoisotopic (exact) mass is 312 g/mol. The highest BCUT2D eigenvalue weighted by atomic mass is 35.5. The highest BCUT2D eigenvalue weighted by molar-refractivity contribution is 5.85. The first-order chi connectivity index (χ1) is 9.72. The van der Waals surface area contributed by atoms with Gasteiger partial charge in [-0.15, -0.1) is 12.4 Å². The molecule has 2 N–H and O–H groups in total. The summed E-state index contributed by atoms with van der Waals surface area (Å²) in [5.74, 6) is 0.496. The predicted octanol–water partition coefficient (Wildman–Crippen LogP) is 2.78. The van der Waals surface area contributed by atoms with Gasteiger partial charge in [-0.1, -0.05) is 25.0 Å². The van der Waals surface area contributed by atoms with Gasteiger partial charge in [0, 0.05) is 12.6 Å². The first-order valence-electron chi connectivity index (χ1n) is 7.50. The summed E-state index contributed by atoms with van der Waals surface area (Å²) in [6.45, 7) is 0.465. The number of nitrogens with one attached hydrogen (secondary N) is 2. The molecule has 0 spiro atoms. The third-order valence-corrected chi connectivity index (χ3v) is 4.56. The molecule has 3 unspecified atom stereocenters. The standard InChI is InChI=1S/C16H21FN2O.ClH/c17-13-7-5-11(6-8-13)10-18-16(20)15-9-12-3-1-2-4-14(12)19-15;/h5-8,12,14-15,19H,1-4,9-10H2,(H,18,20);1H. The van der Waals surface area contributed by atoms with Gasteiger partial charge >= 0.3 is 0 Å². The average Bonchev–Trinajstić information content (AvgIpc) is 2.90. The van der Waals surface area contributed by atoms with Crippen LogP contribution in [0.2, 0.25) is 0 Å². The van der Waals surface area contributed by atoms with Crippen LogP contribution in [0.5, 0.6) is 0 Å². The van der Waals surface area contributed by atoms with Gasteiger partial charge in [-0.3, -0.25) is 4.79 Å². The third kappa shape index (κ3) is 3.95. The van der Waals surface area contributed by atoms with Crippen molar-refractivity contribution in [2.24, 2.45) is 5.92 Å². The summed E-state index contributed by atoms with van der Waals surface area (Å²) < 4.78 is 12.8. The smallest absolute Gasteiger partial charge is 0.237 e. The Morgan fingerprint density at radius 2 is 1.95 bits per heavy atom. The van der Waals surface area contributed by atoms with Gasteiger partial charge in [-0.2, -0.15) is 0 Å². The molecule has 0 bridgehead atoms. The van der Waals surface area contributed by atoms with Gasteiger partial charge in [-0.05, 0) is 42.9 Å². The van der Waals surface area contributed by atoms with Gasteiger partial charge in [0.1, 0.15) is 5.82 Å². The van der Waals surface area contributed by atoms with E-state index in [1.165, 1.54) is 37.8 Å². The number of hydrogen-bond donors (Lipinski definition) is 2. The summed E-state index contributed by atoms with van der Waals surface area (Å²) in [5, 5.41) is 6.41. The second kappa shape index (κ2) is 7.23. The van der Waals surface area contributed by atoms with Crippen LogP contribution in [0.25, 0.3) is 0 Å². The van der Waals surface area contributed by atoms with E-state index in [4.69, 9.17) is 0 Å². The Hall–Kier alpha value is -1.13. The fourth-order valence-corrected chi connectivity index (χ4v) is 3.44. The van der Waals surface area contributed by atoms with E-state index in [2.05, 4.69) is 10.6 Å². The molecule has 2 aliphatic rings. The molecule has 3 rings (SSSR count). The van der Waals surface area contributed by atoms with Gasteiger partial charge in [0.25, 0.3) is 0 Å². The van der Waals surface area contributed by atoms with Crippen molar-refractivity contribution in [3.05, 3.63) is 35.6 Å². The molecule has 1 aromatic rings. The summed E-state index contributed by atoms with van der Waals surface area (Å²) in [4.78, 5) is 12.2. The maximum absolute atomic E-state index is 12.8. The summed E-state index contributed by atoms with van der Waals surface area (Å²) in [7, 11) is 0. The van der Waals surface area contributed by atoms with Gasteiger partial charge in [0.15, 0.2) is 0 Å². The fraction of sp³-hybridized carbons (Fsp3) is 0.562. The molecular weight excluding hydrogens is 291 g/mol. The summed E-state index contributed by atoms with van der Waals surface area (Å²) >= 11 is 0. The van der Waals surface area contributed by atoms with Crippen LogP contribution in [-0.2, 0) is 11.3 Å². The van der Waals surface area contributed by atoms with E-state index in [0.717, 1.165) is 12.0 Å². The summed E-state index contributed by atoms with van der Waals surface area (Å²) in [6, 6.07) is 6.73. The fourth-order valence-electron chi connectivity index (χ4n) is 3.44. The molecule has 1 amide bonds. The summed E-state index contributed by atoms with van der Waals surface area (Å²) in [6.07, 6.45) is 5.98. The maximum Gasteiger partial charge on any atom is 0.237 e. The Bertz CT molecular complexity index is 466. The largest absolute Gasteiger partial charge is 0.351 e. The lowest BCUT2D eigenvalue weighted by molar-refractivity contribution is -0.123. The van der Waals surface area contributed by atoms with Gasteiger partial charge in [0.05, 0.1) is 6.04 Å².